The highest BCUT2D eigenvalue weighted by Gasteiger charge is 2.36. The average molecular weight is 485 g/mol. The summed E-state index contributed by atoms with van der Waals surface area (Å²) in [6.45, 7) is 1.65. The van der Waals surface area contributed by atoms with E-state index in [2.05, 4.69) is 45.6 Å². The van der Waals surface area contributed by atoms with Gasteiger partial charge >= 0.3 is 0 Å². The number of hydrogen-bond acceptors (Lipinski definition) is 5. The maximum atomic E-state index is 13.4. The summed E-state index contributed by atoms with van der Waals surface area (Å²) in [5.41, 5.74) is 4.09. The van der Waals surface area contributed by atoms with Crippen LogP contribution in [0.3, 0.4) is 0 Å². The fraction of sp³-hybridized carbons (Fsp3) is 0.414. The molecule has 180 valence electrons. The van der Waals surface area contributed by atoms with Crippen molar-refractivity contribution in [1.82, 2.24) is 19.9 Å². The third kappa shape index (κ3) is 4.45. The summed E-state index contributed by atoms with van der Waals surface area (Å²) in [4.78, 5) is 24.7. The van der Waals surface area contributed by atoms with E-state index in [1.807, 2.05) is 18.2 Å². The molecule has 2 aliphatic carbocycles. The van der Waals surface area contributed by atoms with Crippen LogP contribution in [0.2, 0.25) is 0 Å². The monoisotopic (exact) mass is 484 g/mol. The second-order valence-electron chi connectivity index (χ2n) is 10.2. The van der Waals surface area contributed by atoms with Gasteiger partial charge in [0.25, 0.3) is 5.56 Å². The number of pyridine rings is 1. The highest BCUT2D eigenvalue weighted by atomic mass is 32.1. The summed E-state index contributed by atoms with van der Waals surface area (Å²) < 4.78 is 1.76. The van der Waals surface area contributed by atoms with E-state index < -0.39 is 0 Å². The van der Waals surface area contributed by atoms with Crippen LogP contribution >= 0.6 is 11.3 Å². The van der Waals surface area contributed by atoms with Gasteiger partial charge in [0.05, 0.1) is 11.7 Å². The summed E-state index contributed by atoms with van der Waals surface area (Å²) in [6.07, 6.45) is 12.4. The summed E-state index contributed by atoms with van der Waals surface area (Å²) in [7, 11) is 0. The van der Waals surface area contributed by atoms with Crippen LogP contribution in [0.25, 0.3) is 10.2 Å². The van der Waals surface area contributed by atoms with Crippen LogP contribution in [0, 0.1) is 0 Å². The van der Waals surface area contributed by atoms with Gasteiger partial charge in [0, 0.05) is 47.7 Å². The molecule has 1 fully saturated rings. The molecule has 35 heavy (non-hydrogen) atoms. The van der Waals surface area contributed by atoms with Crippen molar-refractivity contribution >= 4 is 21.6 Å². The number of hydrogen-bond donors (Lipinski definition) is 1. The summed E-state index contributed by atoms with van der Waals surface area (Å²) in [5, 5.41) is 4.80. The maximum absolute atomic E-state index is 13.4. The third-order valence-electron chi connectivity index (χ3n) is 8.05. The molecule has 0 aliphatic heterocycles. The number of rotatable bonds is 7. The van der Waals surface area contributed by atoms with Crippen LogP contribution in [0.5, 0.6) is 0 Å². The Balaban J connectivity index is 1.18. The Labute approximate surface area is 210 Å². The predicted molar refractivity (Wildman–Crippen MR) is 142 cm³/mol. The second-order valence-corrected chi connectivity index (χ2v) is 11.3. The molecule has 0 bridgehead atoms. The molecule has 0 spiro atoms. The van der Waals surface area contributed by atoms with Crippen molar-refractivity contribution in [2.24, 2.45) is 0 Å². The average Bonchev–Trinajstić information content (AvgIpc) is 3.54. The van der Waals surface area contributed by atoms with E-state index in [4.69, 9.17) is 0 Å². The zero-order chi connectivity index (χ0) is 23.7. The molecular weight excluding hydrogens is 452 g/mol. The predicted octanol–water partition coefficient (Wildman–Crippen LogP) is 5.05. The first-order valence-electron chi connectivity index (χ1n) is 12.9. The molecular formula is C29H32N4OS. The normalized spacial score (nSPS) is 19.1. The minimum absolute atomic E-state index is 0.101. The van der Waals surface area contributed by atoms with Crippen molar-refractivity contribution in [3.8, 4) is 0 Å². The van der Waals surface area contributed by atoms with Crippen LogP contribution in [-0.4, -0.2) is 27.1 Å². The van der Waals surface area contributed by atoms with Crippen molar-refractivity contribution in [2.45, 2.75) is 69.4 Å². The van der Waals surface area contributed by atoms with Crippen LogP contribution in [0.4, 0.5) is 0 Å². The van der Waals surface area contributed by atoms with Gasteiger partial charge in [-0.1, -0.05) is 49.2 Å². The minimum atomic E-state index is 0.101. The molecule has 3 aromatic heterocycles. The Bertz CT molecular complexity index is 1360. The molecule has 1 N–H and O–H groups in total. The fourth-order valence-corrected chi connectivity index (χ4v) is 7.32. The molecule has 2 aliphatic rings. The molecule has 6 heteroatoms. The summed E-state index contributed by atoms with van der Waals surface area (Å²) in [5.74, 6) is 0. The number of nitrogens with zero attached hydrogens (tertiary/aromatic N) is 3. The molecule has 6 rings (SSSR count). The molecule has 0 saturated heterocycles. The van der Waals surface area contributed by atoms with Crippen LogP contribution in [0.15, 0.2) is 65.8 Å². The number of thiophene rings is 1. The molecule has 0 radical (unpaired) electrons. The first-order valence-corrected chi connectivity index (χ1v) is 13.7. The van der Waals surface area contributed by atoms with Crippen LogP contribution in [-0.2, 0) is 31.2 Å². The standard InChI is InChI=1S/C29H32N4OS/c34-28-26-24-12-11-23(31-19-29(14-5-6-15-29)21-8-2-1-3-9-21)18-25(24)35-27(26)32-20-33(28)17-13-22-10-4-7-16-30-22/h1-4,7-10,16,20,23,31H,5-6,11-15,17-19H2. The van der Waals surface area contributed by atoms with E-state index in [1.54, 1.807) is 28.4 Å². The topological polar surface area (TPSA) is 59.8 Å². The number of fused-ring (bicyclic) bond motifs is 3. The second kappa shape index (κ2) is 9.67. The summed E-state index contributed by atoms with van der Waals surface area (Å²) >= 11 is 1.72. The fourth-order valence-electron chi connectivity index (χ4n) is 6.07. The molecule has 0 amide bonds. The Morgan fingerprint density at radius 1 is 1.06 bits per heavy atom. The first-order chi connectivity index (χ1) is 17.2. The van der Waals surface area contributed by atoms with Gasteiger partial charge in [0.2, 0.25) is 0 Å². The smallest absolute Gasteiger partial charge is 0.262 e. The molecule has 4 aromatic rings. The zero-order valence-corrected chi connectivity index (χ0v) is 20.9. The summed E-state index contributed by atoms with van der Waals surface area (Å²) in [6, 6.07) is 17.5. The maximum Gasteiger partial charge on any atom is 0.262 e. The minimum Gasteiger partial charge on any atom is -0.313 e. The van der Waals surface area contributed by atoms with Crippen molar-refractivity contribution in [3.63, 3.8) is 0 Å². The lowest BCUT2D eigenvalue weighted by Crippen LogP contribution is -2.43. The molecule has 3 heterocycles. The number of aryl methyl sites for hydroxylation is 3. The zero-order valence-electron chi connectivity index (χ0n) is 20.1. The largest absolute Gasteiger partial charge is 0.313 e. The Kier molecular flexibility index (Phi) is 6.25. The lowest BCUT2D eigenvalue weighted by atomic mass is 9.78. The van der Waals surface area contributed by atoms with E-state index in [9.17, 15) is 4.79 Å². The van der Waals surface area contributed by atoms with Gasteiger partial charge in [-0.15, -0.1) is 11.3 Å². The van der Waals surface area contributed by atoms with Gasteiger partial charge in [0.15, 0.2) is 0 Å². The van der Waals surface area contributed by atoms with Gasteiger partial charge in [-0.2, -0.15) is 0 Å². The molecule has 1 saturated carbocycles. The van der Waals surface area contributed by atoms with Gasteiger partial charge in [-0.25, -0.2) is 4.98 Å². The molecule has 1 aromatic carbocycles. The van der Waals surface area contributed by atoms with E-state index in [1.165, 1.54) is 41.7 Å². The van der Waals surface area contributed by atoms with Gasteiger partial charge in [-0.05, 0) is 55.4 Å². The SMILES string of the molecule is O=c1c2c3c(sc2ncn1CCc1ccccn1)CC(NCC1(c2ccccc2)CCCC1)CC3. The first kappa shape index (κ1) is 22.6. The van der Waals surface area contributed by atoms with Crippen LogP contribution in [0.1, 0.15) is 53.8 Å². The van der Waals surface area contributed by atoms with Crippen molar-refractivity contribution < 1.29 is 0 Å². The quantitative estimate of drug-likeness (QED) is 0.399. The van der Waals surface area contributed by atoms with Crippen molar-refractivity contribution in [2.75, 3.05) is 6.54 Å². The van der Waals surface area contributed by atoms with Gasteiger partial charge < -0.3 is 5.32 Å². The Morgan fingerprint density at radius 3 is 2.69 bits per heavy atom. The van der Waals surface area contributed by atoms with E-state index in [0.717, 1.165) is 48.1 Å². The Hall–Kier alpha value is -2.83. The van der Waals surface area contributed by atoms with Crippen molar-refractivity contribution in [3.05, 3.63) is 93.1 Å². The number of benzene rings is 1. The molecule has 1 unspecified atom stereocenters. The van der Waals surface area contributed by atoms with Gasteiger partial charge in [0.1, 0.15) is 4.83 Å². The lowest BCUT2D eigenvalue weighted by molar-refractivity contribution is 0.357. The van der Waals surface area contributed by atoms with E-state index >= 15 is 0 Å². The highest BCUT2D eigenvalue weighted by molar-refractivity contribution is 7.18. The van der Waals surface area contributed by atoms with Gasteiger partial charge in [-0.3, -0.25) is 14.3 Å². The highest BCUT2D eigenvalue weighted by Crippen LogP contribution is 2.41. The van der Waals surface area contributed by atoms with Crippen molar-refractivity contribution in [1.29, 1.82) is 0 Å². The van der Waals surface area contributed by atoms with Crippen LogP contribution < -0.4 is 10.9 Å². The number of nitrogens with one attached hydrogen (secondary N) is 1. The Morgan fingerprint density at radius 2 is 1.89 bits per heavy atom. The number of aromatic nitrogens is 3. The lowest BCUT2D eigenvalue weighted by Gasteiger charge is -2.33. The van der Waals surface area contributed by atoms with E-state index in [0.29, 0.717) is 12.6 Å². The molecule has 5 nitrogen and oxygen atoms in total. The van der Waals surface area contributed by atoms with E-state index in [-0.39, 0.29) is 11.0 Å². The molecule has 1 atom stereocenters. The third-order valence-corrected chi connectivity index (χ3v) is 9.21.